The molecule has 1 fully saturated rings. The second kappa shape index (κ2) is 8.84. The number of thioether (sulfide) groups is 1. The highest BCUT2D eigenvalue weighted by molar-refractivity contribution is 7.99. The highest BCUT2D eigenvalue weighted by Crippen LogP contribution is 2.23. The number of hydrogen-bond acceptors (Lipinski definition) is 6. The lowest BCUT2D eigenvalue weighted by Crippen LogP contribution is -2.41. The van der Waals surface area contributed by atoms with Gasteiger partial charge in [-0.1, -0.05) is 54.2 Å². The number of hydrogen-bond donors (Lipinski definition) is 0. The third-order valence-corrected chi connectivity index (χ3v) is 8.20. The van der Waals surface area contributed by atoms with E-state index in [1.807, 2.05) is 36.4 Å². The first kappa shape index (κ1) is 21.6. The van der Waals surface area contributed by atoms with Crippen molar-refractivity contribution in [1.29, 1.82) is 0 Å². The molecule has 0 unspecified atom stereocenters. The fourth-order valence-electron chi connectivity index (χ4n) is 3.76. The van der Waals surface area contributed by atoms with Crippen LogP contribution < -0.4 is 5.56 Å². The van der Waals surface area contributed by atoms with Gasteiger partial charge in [-0.25, -0.2) is 13.4 Å². The van der Waals surface area contributed by atoms with Crippen molar-refractivity contribution in [2.45, 2.75) is 24.2 Å². The summed E-state index contributed by atoms with van der Waals surface area (Å²) in [5.41, 5.74) is 1.37. The topological polar surface area (TPSA) is 89.3 Å². The highest BCUT2D eigenvalue weighted by Gasteiger charge is 2.34. The first-order valence-electron chi connectivity index (χ1n) is 9.96. The van der Waals surface area contributed by atoms with E-state index in [2.05, 4.69) is 4.98 Å². The first-order chi connectivity index (χ1) is 14.8. The zero-order valence-electron chi connectivity index (χ0n) is 17.1. The number of sulfone groups is 1. The van der Waals surface area contributed by atoms with Gasteiger partial charge in [-0.2, -0.15) is 0 Å². The summed E-state index contributed by atoms with van der Waals surface area (Å²) in [6, 6.07) is 16.3. The largest absolute Gasteiger partial charge is 0.334 e. The number of benzene rings is 2. The normalized spacial score (nSPS) is 17.6. The summed E-state index contributed by atoms with van der Waals surface area (Å²) >= 11 is 1.19. The van der Waals surface area contributed by atoms with E-state index < -0.39 is 9.84 Å². The number of rotatable bonds is 6. The minimum atomic E-state index is -3.13. The summed E-state index contributed by atoms with van der Waals surface area (Å²) in [6.07, 6.45) is 0.443. The number of aromatic nitrogens is 2. The molecule has 0 N–H and O–H groups in total. The molecule has 1 saturated heterocycles. The summed E-state index contributed by atoms with van der Waals surface area (Å²) in [5.74, 6) is -0.00642. The number of nitrogens with zero attached hydrogens (tertiary/aromatic N) is 3. The molecule has 1 aliphatic heterocycles. The summed E-state index contributed by atoms with van der Waals surface area (Å²) in [5, 5.41) is 0.985. The van der Waals surface area contributed by atoms with E-state index in [1.54, 1.807) is 30.1 Å². The Morgan fingerprint density at radius 3 is 2.58 bits per heavy atom. The summed E-state index contributed by atoms with van der Waals surface area (Å²) in [7, 11) is -1.49. The maximum Gasteiger partial charge on any atom is 0.261 e. The summed E-state index contributed by atoms with van der Waals surface area (Å²) in [6.45, 7) is 0.352. The summed E-state index contributed by atoms with van der Waals surface area (Å²) in [4.78, 5) is 32.0. The molecule has 2 heterocycles. The van der Waals surface area contributed by atoms with Crippen molar-refractivity contribution in [1.82, 2.24) is 14.5 Å². The third kappa shape index (κ3) is 4.83. The van der Waals surface area contributed by atoms with Crippen molar-refractivity contribution in [3.05, 3.63) is 70.5 Å². The molecule has 1 atom stereocenters. The average molecular weight is 458 g/mol. The van der Waals surface area contributed by atoms with Crippen LogP contribution in [-0.2, 0) is 28.2 Å². The molecule has 0 saturated carbocycles. The van der Waals surface area contributed by atoms with Crippen LogP contribution >= 0.6 is 11.8 Å². The van der Waals surface area contributed by atoms with Crippen molar-refractivity contribution < 1.29 is 13.2 Å². The van der Waals surface area contributed by atoms with Gasteiger partial charge in [0.2, 0.25) is 5.91 Å². The van der Waals surface area contributed by atoms with Crippen LogP contribution in [-0.4, -0.2) is 52.1 Å². The molecule has 0 radical (unpaired) electrons. The lowest BCUT2D eigenvalue weighted by molar-refractivity contribution is -0.130. The molecule has 1 aromatic heterocycles. The van der Waals surface area contributed by atoms with Crippen LogP contribution in [0.1, 0.15) is 12.0 Å². The van der Waals surface area contributed by atoms with Gasteiger partial charge in [0.05, 0.1) is 28.2 Å². The lowest BCUT2D eigenvalue weighted by atomic mass is 10.1. The average Bonchev–Trinajstić information content (AvgIpc) is 3.13. The number of amides is 1. The third-order valence-electron chi connectivity index (χ3n) is 5.43. The Morgan fingerprint density at radius 2 is 1.87 bits per heavy atom. The number of para-hydroxylation sites is 1. The molecular weight excluding hydrogens is 434 g/mol. The maximum absolute atomic E-state index is 13.2. The molecule has 2 aromatic carbocycles. The van der Waals surface area contributed by atoms with Crippen LogP contribution in [0.25, 0.3) is 10.9 Å². The molecular formula is C22H23N3O4S2. The molecule has 0 spiro atoms. The molecule has 1 aliphatic rings. The Balaban J connectivity index is 1.56. The highest BCUT2D eigenvalue weighted by atomic mass is 32.2. The molecule has 0 aliphatic carbocycles. The molecule has 7 nitrogen and oxygen atoms in total. The van der Waals surface area contributed by atoms with Gasteiger partial charge in [-0.05, 0) is 24.1 Å². The second-order valence-corrected chi connectivity index (χ2v) is 10.8. The van der Waals surface area contributed by atoms with Gasteiger partial charge in [-0.15, -0.1) is 0 Å². The van der Waals surface area contributed by atoms with Crippen LogP contribution in [0.4, 0.5) is 0 Å². The molecule has 1 amide bonds. The minimum absolute atomic E-state index is 0.0110. The van der Waals surface area contributed by atoms with E-state index in [0.29, 0.717) is 29.0 Å². The van der Waals surface area contributed by atoms with E-state index in [1.165, 1.54) is 16.3 Å². The van der Waals surface area contributed by atoms with Crippen LogP contribution in [0.3, 0.4) is 0 Å². The molecule has 9 heteroatoms. The van der Waals surface area contributed by atoms with Crippen molar-refractivity contribution in [2.75, 3.05) is 17.3 Å². The molecule has 162 valence electrons. The summed E-state index contributed by atoms with van der Waals surface area (Å²) < 4.78 is 25.5. The van der Waals surface area contributed by atoms with Crippen LogP contribution in [0.5, 0.6) is 0 Å². The minimum Gasteiger partial charge on any atom is -0.334 e. The van der Waals surface area contributed by atoms with Gasteiger partial charge in [0.1, 0.15) is 0 Å². The van der Waals surface area contributed by atoms with Gasteiger partial charge in [-0.3, -0.25) is 14.2 Å². The lowest BCUT2D eigenvalue weighted by Gasteiger charge is -2.28. The van der Waals surface area contributed by atoms with E-state index in [-0.39, 0.29) is 34.8 Å². The number of carbonyl (C=O) groups is 1. The predicted octanol–water partition coefficient (Wildman–Crippen LogP) is 2.24. The van der Waals surface area contributed by atoms with E-state index >= 15 is 0 Å². The van der Waals surface area contributed by atoms with Crippen molar-refractivity contribution in [3.63, 3.8) is 0 Å². The van der Waals surface area contributed by atoms with Crippen LogP contribution in [0.2, 0.25) is 0 Å². The molecule has 0 bridgehead atoms. The van der Waals surface area contributed by atoms with Crippen molar-refractivity contribution in [2.24, 2.45) is 7.05 Å². The van der Waals surface area contributed by atoms with E-state index in [0.717, 1.165) is 5.56 Å². The van der Waals surface area contributed by atoms with Crippen molar-refractivity contribution >= 4 is 38.4 Å². The van der Waals surface area contributed by atoms with E-state index in [9.17, 15) is 18.0 Å². The number of carbonyl (C=O) groups excluding carboxylic acids is 1. The zero-order valence-corrected chi connectivity index (χ0v) is 18.7. The Kier molecular flexibility index (Phi) is 6.15. The Morgan fingerprint density at radius 1 is 1.16 bits per heavy atom. The number of fused-ring (bicyclic) bond motifs is 1. The standard InChI is InChI=1S/C22H23N3O4S2/c1-24-21(27)18-9-5-6-10-19(18)23-22(24)30-14-20(26)25(13-16-7-3-2-4-8-16)17-11-12-31(28,29)15-17/h2-10,17H,11-15H2,1H3/t17-/m1/s1. The SMILES string of the molecule is Cn1c(SCC(=O)N(Cc2ccccc2)[C@@H]2CCS(=O)(=O)C2)nc2ccccc2c1=O. The van der Waals surface area contributed by atoms with Crippen LogP contribution in [0, 0.1) is 0 Å². The Bertz CT molecular complexity index is 1270. The first-order valence-corrected chi connectivity index (χ1v) is 12.8. The maximum atomic E-state index is 13.2. The quantitative estimate of drug-likeness (QED) is 0.417. The van der Waals surface area contributed by atoms with Gasteiger partial charge in [0.25, 0.3) is 5.56 Å². The predicted molar refractivity (Wildman–Crippen MR) is 122 cm³/mol. The van der Waals surface area contributed by atoms with Gasteiger partial charge < -0.3 is 4.90 Å². The smallest absolute Gasteiger partial charge is 0.261 e. The fourth-order valence-corrected chi connectivity index (χ4v) is 6.35. The Labute approximate surface area is 185 Å². The zero-order chi connectivity index (χ0) is 22.0. The monoisotopic (exact) mass is 457 g/mol. The molecule has 3 aromatic rings. The van der Waals surface area contributed by atoms with Gasteiger partial charge in [0, 0.05) is 19.6 Å². The molecule has 4 rings (SSSR count). The second-order valence-electron chi connectivity index (χ2n) is 7.63. The van der Waals surface area contributed by atoms with E-state index in [4.69, 9.17) is 0 Å². The fraction of sp³-hybridized carbons (Fsp3) is 0.318. The van der Waals surface area contributed by atoms with Gasteiger partial charge in [0.15, 0.2) is 15.0 Å². The van der Waals surface area contributed by atoms with Crippen LogP contribution in [0.15, 0.2) is 64.5 Å². The Hall–Kier alpha value is -2.65. The molecule has 31 heavy (non-hydrogen) atoms. The van der Waals surface area contributed by atoms with Gasteiger partial charge >= 0.3 is 0 Å². The van der Waals surface area contributed by atoms with Crippen molar-refractivity contribution in [3.8, 4) is 0 Å².